The second-order valence-electron chi connectivity index (χ2n) is 7.71. The molecule has 180 valence electrons. The van der Waals surface area contributed by atoms with Crippen LogP contribution >= 0.6 is 11.3 Å². The fourth-order valence-electron chi connectivity index (χ4n) is 3.26. The van der Waals surface area contributed by atoms with Crippen LogP contribution in [0.2, 0.25) is 0 Å². The van der Waals surface area contributed by atoms with Crippen LogP contribution in [0.15, 0.2) is 65.5 Å². The van der Waals surface area contributed by atoms with Gasteiger partial charge in [-0.3, -0.25) is 9.59 Å². The lowest BCUT2D eigenvalue weighted by Crippen LogP contribution is -2.30. The molecule has 1 atom stereocenters. The molecule has 0 aliphatic heterocycles. The van der Waals surface area contributed by atoms with Gasteiger partial charge >= 0.3 is 5.97 Å². The molecule has 0 fully saturated rings. The lowest BCUT2D eigenvalue weighted by molar-refractivity contribution is -0.122. The molecule has 10 heteroatoms. The van der Waals surface area contributed by atoms with Crippen molar-refractivity contribution in [1.29, 1.82) is 0 Å². The second kappa shape index (κ2) is 10.9. The maximum absolute atomic E-state index is 12.8. The summed E-state index contributed by atoms with van der Waals surface area (Å²) in [5.74, 6) is -0.510. The molecule has 4 rings (SSSR count). The van der Waals surface area contributed by atoms with Crippen LogP contribution in [0.5, 0.6) is 5.75 Å². The van der Waals surface area contributed by atoms with Gasteiger partial charge in [-0.05, 0) is 37.6 Å². The van der Waals surface area contributed by atoms with E-state index in [1.54, 1.807) is 43.3 Å². The van der Waals surface area contributed by atoms with Crippen LogP contribution in [0.1, 0.15) is 41.3 Å². The monoisotopic (exact) mass is 492 g/mol. The van der Waals surface area contributed by atoms with Gasteiger partial charge in [0.15, 0.2) is 6.10 Å². The molecule has 0 spiro atoms. The Bertz CT molecular complexity index is 1400. The number of nitrogens with one attached hydrogen (secondary N) is 1. The molecule has 35 heavy (non-hydrogen) atoms. The van der Waals surface area contributed by atoms with Crippen LogP contribution in [0, 0.1) is 0 Å². The molecule has 0 unspecified atom stereocenters. The number of aryl methyl sites for hydroxylation is 1. The molecule has 2 heterocycles. The highest BCUT2D eigenvalue weighted by Gasteiger charge is 2.19. The van der Waals surface area contributed by atoms with E-state index in [2.05, 4.69) is 15.4 Å². The van der Waals surface area contributed by atoms with Gasteiger partial charge in [-0.25, -0.2) is 9.78 Å². The van der Waals surface area contributed by atoms with Crippen molar-refractivity contribution in [3.05, 3.63) is 87.3 Å². The van der Waals surface area contributed by atoms with Crippen LogP contribution < -0.4 is 15.6 Å². The average Bonchev–Trinajstić information content (AvgIpc) is 3.27. The summed E-state index contributed by atoms with van der Waals surface area (Å²) in [5, 5.41) is 7.81. The number of aromatic nitrogens is 3. The number of carbonyl (C=O) groups is 2. The number of esters is 1. The smallest absolute Gasteiger partial charge is 0.340 e. The van der Waals surface area contributed by atoms with E-state index in [1.165, 1.54) is 21.9 Å². The zero-order chi connectivity index (χ0) is 24.8. The Balaban J connectivity index is 1.43. The summed E-state index contributed by atoms with van der Waals surface area (Å²) in [5.41, 5.74) is 0.455. The SMILES string of the molecule is CCCc1nn2c(=O)cc(COC(=O)c3ccccc3NC(=O)[C@H](C)Oc3ccccc3)nc2s1. The van der Waals surface area contributed by atoms with Crippen molar-refractivity contribution < 1.29 is 19.1 Å². The van der Waals surface area contributed by atoms with E-state index in [0.717, 1.165) is 17.8 Å². The summed E-state index contributed by atoms with van der Waals surface area (Å²) < 4.78 is 12.3. The normalized spacial score (nSPS) is 11.7. The minimum absolute atomic E-state index is 0.175. The van der Waals surface area contributed by atoms with Crippen molar-refractivity contribution >= 4 is 33.9 Å². The molecule has 0 aliphatic rings. The number of para-hydroxylation sites is 2. The minimum Gasteiger partial charge on any atom is -0.481 e. The van der Waals surface area contributed by atoms with Crippen molar-refractivity contribution in [1.82, 2.24) is 14.6 Å². The molecular formula is C25H24N4O5S. The van der Waals surface area contributed by atoms with Gasteiger partial charge < -0.3 is 14.8 Å². The average molecular weight is 493 g/mol. The van der Waals surface area contributed by atoms with Gasteiger partial charge in [-0.15, -0.1) is 0 Å². The third kappa shape index (κ3) is 5.90. The van der Waals surface area contributed by atoms with E-state index >= 15 is 0 Å². The molecule has 9 nitrogen and oxygen atoms in total. The van der Waals surface area contributed by atoms with E-state index in [-0.39, 0.29) is 17.7 Å². The maximum Gasteiger partial charge on any atom is 0.340 e. The first kappa shape index (κ1) is 24.1. The van der Waals surface area contributed by atoms with E-state index in [9.17, 15) is 14.4 Å². The van der Waals surface area contributed by atoms with Crippen molar-refractivity contribution in [2.75, 3.05) is 5.32 Å². The van der Waals surface area contributed by atoms with Crippen molar-refractivity contribution in [3.63, 3.8) is 0 Å². The summed E-state index contributed by atoms with van der Waals surface area (Å²) in [7, 11) is 0. The quantitative estimate of drug-likeness (QED) is 0.353. The molecule has 1 N–H and O–H groups in total. The molecule has 1 amide bonds. The summed E-state index contributed by atoms with van der Waals surface area (Å²) in [6.07, 6.45) is 0.879. The Hall–Kier alpha value is -4.05. The molecule has 0 bridgehead atoms. The summed E-state index contributed by atoms with van der Waals surface area (Å²) >= 11 is 1.33. The number of ether oxygens (including phenoxy) is 2. The van der Waals surface area contributed by atoms with Crippen LogP contribution in [0.4, 0.5) is 5.69 Å². The molecule has 0 saturated heterocycles. The van der Waals surface area contributed by atoms with Crippen molar-refractivity contribution in [2.24, 2.45) is 0 Å². The van der Waals surface area contributed by atoms with Gasteiger partial charge in [0.25, 0.3) is 11.5 Å². The van der Waals surface area contributed by atoms with E-state index in [1.807, 2.05) is 25.1 Å². The van der Waals surface area contributed by atoms with Gasteiger partial charge in [0.05, 0.1) is 16.9 Å². The zero-order valence-corrected chi connectivity index (χ0v) is 20.1. The first-order chi connectivity index (χ1) is 16.9. The lowest BCUT2D eigenvalue weighted by Gasteiger charge is -2.16. The topological polar surface area (TPSA) is 112 Å². The highest BCUT2D eigenvalue weighted by Crippen LogP contribution is 2.19. The van der Waals surface area contributed by atoms with Crippen LogP contribution in [-0.4, -0.2) is 32.6 Å². The molecule has 2 aromatic carbocycles. The summed E-state index contributed by atoms with van der Waals surface area (Å²) in [4.78, 5) is 42.6. The highest BCUT2D eigenvalue weighted by atomic mass is 32.1. The van der Waals surface area contributed by atoms with Crippen LogP contribution in [0.25, 0.3) is 4.96 Å². The Morgan fingerprint density at radius 2 is 1.86 bits per heavy atom. The maximum atomic E-state index is 12.8. The predicted octanol–water partition coefficient (Wildman–Crippen LogP) is 3.87. The minimum atomic E-state index is -0.789. The Morgan fingerprint density at radius 3 is 2.63 bits per heavy atom. The number of amides is 1. The fourth-order valence-corrected chi connectivity index (χ4v) is 4.28. The van der Waals surface area contributed by atoms with E-state index < -0.39 is 18.0 Å². The summed E-state index contributed by atoms with van der Waals surface area (Å²) in [6, 6.07) is 16.8. The van der Waals surface area contributed by atoms with Crippen molar-refractivity contribution in [2.45, 2.75) is 39.4 Å². The Morgan fingerprint density at radius 1 is 1.11 bits per heavy atom. The number of hydrogen-bond acceptors (Lipinski definition) is 8. The number of anilines is 1. The molecule has 0 aliphatic carbocycles. The number of hydrogen-bond donors (Lipinski definition) is 1. The van der Waals surface area contributed by atoms with Gasteiger partial charge in [0.2, 0.25) is 4.96 Å². The third-order valence-electron chi connectivity index (χ3n) is 4.99. The Labute approximate surface area is 205 Å². The molecule has 0 saturated carbocycles. The number of carbonyl (C=O) groups excluding carboxylic acids is 2. The Kier molecular flexibility index (Phi) is 7.51. The number of benzene rings is 2. The molecule has 0 radical (unpaired) electrons. The fraction of sp³-hybridized carbons (Fsp3) is 0.240. The van der Waals surface area contributed by atoms with Gasteiger partial charge in [0, 0.05) is 12.5 Å². The van der Waals surface area contributed by atoms with Crippen LogP contribution in [-0.2, 0) is 22.6 Å². The predicted molar refractivity (Wildman–Crippen MR) is 132 cm³/mol. The molecular weight excluding hydrogens is 468 g/mol. The number of fused-ring (bicyclic) bond motifs is 1. The van der Waals surface area contributed by atoms with E-state index in [0.29, 0.717) is 22.1 Å². The highest BCUT2D eigenvalue weighted by molar-refractivity contribution is 7.16. The largest absolute Gasteiger partial charge is 0.481 e. The van der Waals surface area contributed by atoms with Crippen LogP contribution in [0.3, 0.4) is 0 Å². The summed E-state index contributed by atoms with van der Waals surface area (Å²) in [6.45, 7) is 3.46. The van der Waals surface area contributed by atoms with Crippen molar-refractivity contribution in [3.8, 4) is 5.75 Å². The second-order valence-corrected chi connectivity index (χ2v) is 8.75. The van der Waals surface area contributed by atoms with Gasteiger partial charge in [-0.2, -0.15) is 9.61 Å². The van der Waals surface area contributed by atoms with E-state index in [4.69, 9.17) is 9.47 Å². The number of nitrogens with zero attached hydrogens (tertiary/aromatic N) is 3. The molecule has 4 aromatic rings. The van der Waals surface area contributed by atoms with Gasteiger partial charge in [0.1, 0.15) is 17.4 Å². The third-order valence-corrected chi connectivity index (χ3v) is 5.95. The van der Waals surface area contributed by atoms with Gasteiger partial charge in [-0.1, -0.05) is 48.6 Å². The lowest BCUT2D eigenvalue weighted by atomic mass is 10.1. The first-order valence-corrected chi connectivity index (χ1v) is 11.9. The standard InChI is InChI=1S/C25H24N4O5S/c1-3-9-21-28-29-22(30)14-17(26-25(29)35-21)15-33-24(32)19-12-7-8-13-20(19)27-23(31)16(2)34-18-10-5-4-6-11-18/h4-8,10-14,16H,3,9,15H2,1-2H3,(H,27,31)/t16-/m0/s1. The zero-order valence-electron chi connectivity index (χ0n) is 19.3. The first-order valence-electron chi connectivity index (χ1n) is 11.1. The number of rotatable bonds is 9. The molecule has 2 aromatic heterocycles.